The average molecular weight is 467 g/mol. The number of hydrogen-bond donors (Lipinski definition) is 0. The van der Waals surface area contributed by atoms with E-state index in [0.717, 1.165) is 18.4 Å². The van der Waals surface area contributed by atoms with E-state index in [0.29, 0.717) is 38.6 Å². The Morgan fingerprint density at radius 2 is 2.18 bits per heavy atom. The van der Waals surface area contributed by atoms with Gasteiger partial charge in [-0.25, -0.2) is 9.67 Å². The van der Waals surface area contributed by atoms with Crippen molar-refractivity contribution in [3.05, 3.63) is 44.0 Å². The first-order valence-electron chi connectivity index (χ1n) is 8.65. The first-order valence-corrected chi connectivity index (χ1v) is 9.83. The van der Waals surface area contributed by atoms with E-state index in [2.05, 4.69) is 26.0 Å². The Kier molecular flexibility index (Phi) is 4.88. The van der Waals surface area contributed by atoms with Crippen molar-refractivity contribution in [2.45, 2.75) is 19.4 Å². The van der Waals surface area contributed by atoms with E-state index in [1.54, 1.807) is 31.2 Å². The third kappa shape index (κ3) is 2.98. The molecule has 0 saturated heterocycles. The number of hydrogen-bond acceptors (Lipinski definition) is 5. The van der Waals surface area contributed by atoms with Crippen LogP contribution in [0.2, 0.25) is 5.02 Å². The van der Waals surface area contributed by atoms with Gasteiger partial charge in [0, 0.05) is 18.6 Å². The highest BCUT2D eigenvalue weighted by Crippen LogP contribution is 2.40. The summed E-state index contributed by atoms with van der Waals surface area (Å²) in [5.41, 5.74) is 1.69. The van der Waals surface area contributed by atoms with Crippen molar-refractivity contribution in [1.29, 1.82) is 0 Å². The summed E-state index contributed by atoms with van der Waals surface area (Å²) < 4.78 is 8.66. The van der Waals surface area contributed by atoms with Gasteiger partial charge in [0.2, 0.25) is 5.91 Å². The maximum absolute atomic E-state index is 13.1. The molecule has 0 radical (unpaired) electrons. The Hall–Kier alpha value is -2.39. The van der Waals surface area contributed by atoms with Gasteiger partial charge >= 0.3 is 0 Å². The SMILES string of the molecule is COc1ccc(Cl)c2c1N(C(=O)Cn1cnc3c(c(Br)nn3C)c1=O)CCC2. The molecule has 3 heterocycles. The standard InChI is InChI=1S/C18H17BrClN5O3/c1-23-17-14(16(19)22-23)18(27)24(9-21-17)8-13(26)25-7-3-4-10-11(20)5-6-12(28-2)15(10)25/h5-6,9H,3-4,7-8H2,1-2H3. The number of carbonyl (C=O) groups is 1. The quantitative estimate of drug-likeness (QED) is 0.592. The Bertz CT molecular complexity index is 1160. The van der Waals surface area contributed by atoms with E-state index in [9.17, 15) is 9.59 Å². The summed E-state index contributed by atoms with van der Waals surface area (Å²) in [6, 6.07) is 3.52. The highest BCUT2D eigenvalue weighted by Gasteiger charge is 2.28. The van der Waals surface area contributed by atoms with Crippen molar-refractivity contribution in [3.8, 4) is 5.75 Å². The highest BCUT2D eigenvalue weighted by atomic mass is 79.9. The van der Waals surface area contributed by atoms with Crippen molar-refractivity contribution in [2.75, 3.05) is 18.6 Å². The van der Waals surface area contributed by atoms with Gasteiger partial charge in [0.1, 0.15) is 28.6 Å². The number of nitrogens with zero attached hydrogens (tertiary/aromatic N) is 5. The second-order valence-electron chi connectivity index (χ2n) is 6.52. The molecule has 0 N–H and O–H groups in total. The molecule has 1 aliphatic heterocycles. The van der Waals surface area contributed by atoms with Crippen LogP contribution in [0.15, 0.2) is 27.9 Å². The van der Waals surface area contributed by atoms with Crippen molar-refractivity contribution in [3.63, 3.8) is 0 Å². The van der Waals surface area contributed by atoms with Crippen molar-refractivity contribution >= 4 is 50.2 Å². The van der Waals surface area contributed by atoms with Crippen LogP contribution in [-0.4, -0.2) is 38.9 Å². The van der Waals surface area contributed by atoms with E-state index >= 15 is 0 Å². The summed E-state index contributed by atoms with van der Waals surface area (Å²) in [6.07, 6.45) is 2.92. The van der Waals surface area contributed by atoms with Gasteiger partial charge in [0.25, 0.3) is 5.56 Å². The Balaban J connectivity index is 1.73. The number of ether oxygens (including phenoxy) is 1. The molecule has 0 spiro atoms. The molecule has 3 aromatic rings. The van der Waals surface area contributed by atoms with E-state index in [-0.39, 0.29) is 18.0 Å². The monoisotopic (exact) mass is 465 g/mol. The Morgan fingerprint density at radius 1 is 1.39 bits per heavy atom. The van der Waals surface area contributed by atoms with Gasteiger partial charge < -0.3 is 9.64 Å². The number of fused-ring (bicyclic) bond motifs is 2. The number of anilines is 1. The molecule has 0 aliphatic carbocycles. The van der Waals surface area contributed by atoms with E-state index in [1.165, 1.54) is 15.6 Å². The predicted molar refractivity (Wildman–Crippen MR) is 109 cm³/mol. The van der Waals surface area contributed by atoms with Crippen molar-refractivity contribution < 1.29 is 9.53 Å². The largest absolute Gasteiger partial charge is 0.495 e. The maximum Gasteiger partial charge on any atom is 0.266 e. The number of carbonyl (C=O) groups excluding carboxylic acids is 1. The zero-order chi connectivity index (χ0) is 20.0. The van der Waals surface area contributed by atoms with E-state index in [1.807, 2.05) is 0 Å². The van der Waals surface area contributed by atoms with Gasteiger partial charge in [-0.1, -0.05) is 11.6 Å². The molecule has 1 aliphatic rings. The summed E-state index contributed by atoms with van der Waals surface area (Å²) >= 11 is 9.62. The number of amides is 1. The minimum absolute atomic E-state index is 0.141. The summed E-state index contributed by atoms with van der Waals surface area (Å²) in [4.78, 5) is 31.8. The van der Waals surface area contributed by atoms with E-state index < -0.39 is 0 Å². The zero-order valence-corrected chi connectivity index (χ0v) is 17.6. The number of aromatic nitrogens is 4. The molecule has 1 amide bonds. The van der Waals surface area contributed by atoms with Crippen LogP contribution in [0.3, 0.4) is 0 Å². The van der Waals surface area contributed by atoms with Crippen LogP contribution < -0.4 is 15.2 Å². The maximum atomic E-state index is 13.1. The minimum atomic E-state index is -0.325. The molecule has 2 aromatic heterocycles. The lowest BCUT2D eigenvalue weighted by Gasteiger charge is -2.31. The average Bonchev–Trinajstić information content (AvgIpc) is 2.98. The molecule has 0 unspecified atom stereocenters. The molecule has 146 valence electrons. The van der Waals surface area contributed by atoms with Crippen molar-refractivity contribution in [2.24, 2.45) is 7.05 Å². The third-order valence-electron chi connectivity index (χ3n) is 4.86. The molecule has 0 bridgehead atoms. The zero-order valence-electron chi connectivity index (χ0n) is 15.3. The lowest BCUT2D eigenvalue weighted by molar-refractivity contribution is -0.119. The van der Waals surface area contributed by atoms with E-state index in [4.69, 9.17) is 16.3 Å². The fourth-order valence-electron chi connectivity index (χ4n) is 3.54. The molecule has 28 heavy (non-hydrogen) atoms. The molecule has 10 heteroatoms. The first kappa shape index (κ1) is 18.9. The Morgan fingerprint density at radius 3 is 2.93 bits per heavy atom. The predicted octanol–water partition coefficient (Wildman–Crippen LogP) is 2.53. The summed E-state index contributed by atoms with van der Waals surface area (Å²) in [5, 5.41) is 5.10. The number of rotatable bonds is 3. The van der Waals surface area contributed by atoms with Crippen LogP contribution in [0.1, 0.15) is 12.0 Å². The molecule has 4 rings (SSSR count). The highest BCUT2D eigenvalue weighted by molar-refractivity contribution is 9.10. The normalized spacial score (nSPS) is 13.6. The molecular weight excluding hydrogens is 450 g/mol. The molecule has 1 aromatic carbocycles. The minimum Gasteiger partial charge on any atom is -0.495 e. The fourth-order valence-corrected chi connectivity index (χ4v) is 4.37. The topological polar surface area (TPSA) is 82.2 Å². The first-order chi connectivity index (χ1) is 13.4. The smallest absolute Gasteiger partial charge is 0.266 e. The van der Waals surface area contributed by atoms with Gasteiger partial charge in [-0.3, -0.25) is 14.2 Å². The lowest BCUT2D eigenvalue weighted by Crippen LogP contribution is -2.40. The number of halogens is 2. The fraction of sp³-hybridized carbons (Fsp3) is 0.333. The summed E-state index contributed by atoms with van der Waals surface area (Å²) in [6.45, 7) is 0.391. The number of aryl methyl sites for hydroxylation is 1. The van der Waals surface area contributed by atoms with Gasteiger partial charge in [-0.15, -0.1) is 0 Å². The van der Waals surface area contributed by atoms with Gasteiger partial charge in [0.15, 0.2) is 5.65 Å². The van der Waals surface area contributed by atoms with Crippen LogP contribution >= 0.6 is 27.5 Å². The second-order valence-corrected chi connectivity index (χ2v) is 7.67. The molecule has 0 saturated carbocycles. The van der Waals surface area contributed by atoms with Crippen LogP contribution in [0.4, 0.5) is 5.69 Å². The molecule has 0 fully saturated rings. The van der Waals surface area contributed by atoms with Gasteiger partial charge in [-0.2, -0.15) is 5.10 Å². The van der Waals surface area contributed by atoms with Crippen LogP contribution in [0, 0.1) is 0 Å². The van der Waals surface area contributed by atoms with Crippen LogP contribution in [-0.2, 0) is 24.8 Å². The summed E-state index contributed by atoms with van der Waals surface area (Å²) in [7, 11) is 3.26. The van der Waals surface area contributed by atoms with Crippen LogP contribution in [0.25, 0.3) is 11.0 Å². The number of methoxy groups -OCH3 is 1. The number of benzene rings is 1. The Labute approximate surface area is 173 Å². The molecule has 0 atom stereocenters. The lowest BCUT2D eigenvalue weighted by atomic mass is 10.0. The van der Waals surface area contributed by atoms with Crippen LogP contribution in [0.5, 0.6) is 5.75 Å². The second kappa shape index (κ2) is 7.21. The molecular formula is C18H17BrClN5O3. The van der Waals surface area contributed by atoms with Crippen molar-refractivity contribution in [1.82, 2.24) is 19.3 Å². The third-order valence-corrected chi connectivity index (χ3v) is 5.77. The summed E-state index contributed by atoms with van der Waals surface area (Å²) in [5.74, 6) is 0.355. The molecule has 8 nitrogen and oxygen atoms in total. The van der Waals surface area contributed by atoms with Gasteiger partial charge in [0.05, 0.1) is 12.8 Å². The van der Waals surface area contributed by atoms with Gasteiger partial charge in [-0.05, 0) is 46.5 Å².